The molecular weight excluding hydrogens is 252 g/mol. The highest BCUT2D eigenvalue weighted by Crippen LogP contribution is 2.19. The van der Waals surface area contributed by atoms with Crippen molar-refractivity contribution in [1.29, 1.82) is 0 Å². The first-order chi connectivity index (χ1) is 9.17. The predicted molar refractivity (Wildman–Crippen MR) is 82.8 cm³/mol. The maximum Gasteiger partial charge on any atom is 0.410 e. The summed E-state index contributed by atoms with van der Waals surface area (Å²) in [5.74, 6) is 1.23. The number of carbonyl (C=O) groups is 1. The number of ether oxygens (including phenoxy) is 1. The van der Waals surface area contributed by atoms with Crippen LogP contribution in [0.2, 0.25) is 0 Å². The molecule has 0 bridgehead atoms. The largest absolute Gasteiger partial charge is 0.444 e. The summed E-state index contributed by atoms with van der Waals surface area (Å²) in [6, 6.07) is 0.394. The van der Waals surface area contributed by atoms with Crippen LogP contribution in [0.4, 0.5) is 4.79 Å². The lowest BCUT2D eigenvalue weighted by Crippen LogP contribution is -2.52. The van der Waals surface area contributed by atoms with Gasteiger partial charge >= 0.3 is 6.09 Å². The molecule has 4 heteroatoms. The van der Waals surface area contributed by atoms with Gasteiger partial charge in [-0.15, -0.1) is 0 Å². The summed E-state index contributed by atoms with van der Waals surface area (Å²) in [4.78, 5) is 14.0. The fraction of sp³-hybridized carbons (Fsp3) is 0.938. The Morgan fingerprint density at radius 1 is 1.35 bits per heavy atom. The molecule has 2 unspecified atom stereocenters. The minimum absolute atomic E-state index is 0.181. The molecule has 1 heterocycles. The Hall–Kier alpha value is -0.770. The van der Waals surface area contributed by atoms with E-state index in [4.69, 9.17) is 4.74 Å². The maximum atomic E-state index is 12.2. The second kappa shape index (κ2) is 7.30. The van der Waals surface area contributed by atoms with Crippen molar-refractivity contribution >= 4 is 6.09 Å². The van der Waals surface area contributed by atoms with Gasteiger partial charge in [-0.25, -0.2) is 4.79 Å². The van der Waals surface area contributed by atoms with Crippen LogP contribution in [0, 0.1) is 11.8 Å². The molecule has 1 rings (SSSR count). The van der Waals surface area contributed by atoms with Crippen LogP contribution in [-0.2, 0) is 4.74 Å². The molecule has 0 saturated carbocycles. The maximum absolute atomic E-state index is 12.2. The van der Waals surface area contributed by atoms with E-state index in [0.29, 0.717) is 17.9 Å². The summed E-state index contributed by atoms with van der Waals surface area (Å²) in [6.07, 6.45) is 2.13. The Kier molecular flexibility index (Phi) is 6.31. The van der Waals surface area contributed by atoms with Crippen LogP contribution in [0.5, 0.6) is 0 Å². The predicted octanol–water partition coefficient (Wildman–Crippen LogP) is 3.27. The molecule has 1 amide bonds. The van der Waals surface area contributed by atoms with Gasteiger partial charge < -0.3 is 15.0 Å². The quantitative estimate of drug-likeness (QED) is 0.861. The molecule has 4 nitrogen and oxygen atoms in total. The molecule has 0 aromatic rings. The van der Waals surface area contributed by atoms with Gasteiger partial charge in [0.15, 0.2) is 0 Å². The molecule has 1 aliphatic rings. The van der Waals surface area contributed by atoms with Crippen LogP contribution in [-0.4, -0.2) is 42.3 Å². The van der Waals surface area contributed by atoms with Crippen molar-refractivity contribution in [2.24, 2.45) is 11.8 Å². The number of hydrogen-bond donors (Lipinski definition) is 1. The first-order valence-electron chi connectivity index (χ1n) is 7.88. The molecule has 0 radical (unpaired) electrons. The smallest absolute Gasteiger partial charge is 0.410 e. The molecule has 1 N–H and O–H groups in total. The lowest BCUT2D eigenvalue weighted by Gasteiger charge is -2.37. The van der Waals surface area contributed by atoms with Gasteiger partial charge in [-0.2, -0.15) is 0 Å². The SMILES string of the molecule is CC(C)CCNC1CC(C)CN(C(=O)OC(C)(C)C)C1. The van der Waals surface area contributed by atoms with Crippen LogP contribution in [0.1, 0.15) is 54.4 Å². The third-order valence-corrected chi connectivity index (χ3v) is 3.47. The second-order valence-electron chi connectivity index (χ2n) is 7.56. The Morgan fingerprint density at radius 3 is 2.55 bits per heavy atom. The second-order valence-corrected chi connectivity index (χ2v) is 7.56. The van der Waals surface area contributed by atoms with E-state index >= 15 is 0 Å². The fourth-order valence-corrected chi connectivity index (χ4v) is 2.55. The molecule has 118 valence electrons. The molecule has 1 aliphatic heterocycles. The zero-order chi connectivity index (χ0) is 15.3. The van der Waals surface area contributed by atoms with Crippen molar-refractivity contribution < 1.29 is 9.53 Å². The summed E-state index contributed by atoms with van der Waals surface area (Å²) < 4.78 is 5.48. The number of piperidine rings is 1. The van der Waals surface area contributed by atoms with Crippen molar-refractivity contribution in [3.8, 4) is 0 Å². The third-order valence-electron chi connectivity index (χ3n) is 3.47. The van der Waals surface area contributed by atoms with Crippen LogP contribution < -0.4 is 5.32 Å². The zero-order valence-electron chi connectivity index (χ0n) is 14.0. The minimum Gasteiger partial charge on any atom is -0.444 e. The van der Waals surface area contributed by atoms with Gasteiger partial charge in [0, 0.05) is 19.1 Å². The van der Waals surface area contributed by atoms with E-state index in [2.05, 4.69) is 26.1 Å². The summed E-state index contributed by atoms with van der Waals surface area (Å²) >= 11 is 0. The summed E-state index contributed by atoms with van der Waals surface area (Å²) in [5.41, 5.74) is -0.418. The number of amides is 1. The van der Waals surface area contributed by atoms with Crippen molar-refractivity contribution in [2.45, 2.75) is 66.0 Å². The Bertz CT molecular complexity index is 310. The Balaban J connectivity index is 2.46. The first kappa shape index (κ1) is 17.3. The number of nitrogens with zero attached hydrogens (tertiary/aromatic N) is 1. The van der Waals surface area contributed by atoms with Crippen molar-refractivity contribution in [2.75, 3.05) is 19.6 Å². The van der Waals surface area contributed by atoms with Crippen LogP contribution in [0.15, 0.2) is 0 Å². The topological polar surface area (TPSA) is 41.6 Å². The van der Waals surface area contributed by atoms with E-state index in [1.54, 1.807) is 0 Å². The van der Waals surface area contributed by atoms with E-state index in [-0.39, 0.29) is 6.09 Å². The average molecular weight is 284 g/mol. The van der Waals surface area contributed by atoms with Gasteiger partial charge in [-0.3, -0.25) is 0 Å². The summed E-state index contributed by atoms with van der Waals surface area (Å²) in [5, 5.41) is 3.58. The van der Waals surface area contributed by atoms with E-state index in [1.807, 2.05) is 25.7 Å². The number of hydrogen-bond acceptors (Lipinski definition) is 3. The van der Waals surface area contributed by atoms with Crippen molar-refractivity contribution in [1.82, 2.24) is 10.2 Å². The highest BCUT2D eigenvalue weighted by Gasteiger charge is 2.30. The minimum atomic E-state index is -0.418. The number of rotatable bonds is 4. The molecule has 2 atom stereocenters. The van der Waals surface area contributed by atoms with Gasteiger partial charge in [0.1, 0.15) is 5.60 Å². The lowest BCUT2D eigenvalue weighted by atomic mass is 9.96. The van der Waals surface area contributed by atoms with E-state index in [1.165, 1.54) is 6.42 Å². The average Bonchev–Trinajstić information content (AvgIpc) is 2.25. The lowest BCUT2D eigenvalue weighted by molar-refractivity contribution is 0.0137. The molecule has 1 saturated heterocycles. The zero-order valence-corrected chi connectivity index (χ0v) is 14.0. The van der Waals surface area contributed by atoms with E-state index in [0.717, 1.165) is 26.1 Å². The molecule has 0 aromatic carbocycles. The third kappa shape index (κ3) is 6.60. The molecule has 0 aromatic heterocycles. The van der Waals surface area contributed by atoms with Gasteiger partial charge in [0.25, 0.3) is 0 Å². The van der Waals surface area contributed by atoms with Gasteiger partial charge in [-0.05, 0) is 52.0 Å². The molecule has 0 aliphatic carbocycles. The Morgan fingerprint density at radius 2 is 2.00 bits per heavy atom. The summed E-state index contributed by atoms with van der Waals surface area (Å²) in [6.45, 7) is 15.0. The normalized spacial score (nSPS) is 24.1. The fourth-order valence-electron chi connectivity index (χ4n) is 2.55. The summed E-state index contributed by atoms with van der Waals surface area (Å²) in [7, 11) is 0. The van der Waals surface area contributed by atoms with Crippen molar-refractivity contribution in [3.63, 3.8) is 0 Å². The molecule has 1 fully saturated rings. The van der Waals surface area contributed by atoms with Crippen molar-refractivity contribution in [3.05, 3.63) is 0 Å². The highest BCUT2D eigenvalue weighted by atomic mass is 16.6. The van der Waals surface area contributed by atoms with E-state index < -0.39 is 5.60 Å². The van der Waals surface area contributed by atoms with Crippen LogP contribution in [0.3, 0.4) is 0 Å². The number of carbonyl (C=O) groups excluding carboxylic acids is 1. The molecular formula is C16H32N2O2. The highest BCUT2D eigenvalue weighted by molar-refractivity contribution is 5.68. The monoisotopic (exact) mass is 284 g/mol. The molecule has 0 spiro atoms. The van der Waals surface area contributed by atoms with E-state index in [9.17, 15) is 4.79 Å². The number of nitrogens with one attached hydrogen (secondary N) is 1. The van der Waals surface area contributed by atoms with Gasteiger partial charge in [0.2, 0.25) is 0 Å². The number of likely N-dealkylation sites (tertiary alicyclic amines) is 1. The molecule has 20 heavy (non-hydrogen) atoms. The Labute approximate surface area is 124 Å². The van der Waals surface area contributed by atoms with Crippen LogP contribution >= 0.6 is 0 Å². The van der Waals surface area contributed by atoms with Gasteiger partial charge in [-0.1, -0.05) is 20.8 Å². The standard InChI is InChI=1S/C16H32N2O2/c1-12(2)7-8-17-14-9-13(3)10-18(11-14)15(19)20-16(4,5)6/h12-14,17H,7-11H2,1-6H3. The first-order valence-corrected chi connectivity index (χ1v) is 7.88. The van der Waals surface area contributed by atoms with Gasteiger partial charge in [0.05, 0.1) is 0 Å². The van der Waals surface area contributed by atoms with Crippen LogP contribution in [0.25, 0.3) is 0 Å².